The van der Waals surface area contributed by atoms with Crippen LogP contribution in [0.3, 0.4) is 0 Å². The van der Waals surface area contributed by atoms with E-state index in [1.165, 1.54) is 24.3 Å². The number of carbonyl (C=O) groups is 1. The molecule has 28 heavy (non-hydrogen) atoms. The van der Waals surface area contributed by atoms with Gasteiger partial charge in [0, 0.05) is 0 Å². The van der Waals surface area contributed by atoms with E-state index in [2.05, 4.69) is 13.8 Å². The lowest BCUT2D eigenvalue weighted by atomic mass is 10.2. The molecular weight excluding hydrogens is 398 g/mol. The molecule has 7 nitrogen and oxygen atoms in total. The fraction of sp³-hybridized carbons (Fsp3) is 0.316. The highest BCUT2D eigenvalue weighted by atomic mass is 32.3. The summed E-state index contributed by atoms with van der Waals surface area (Å²) >= 11 is 0. The number of nitrogens with zero attached hydrogens (tertiary/aromatic N) is 1. The number of hydrogen-bond donors (Lipinski definition) is 2. The van der Waals surface area contributed by atoms with Crippen molar-refractivity contribution in [2.24, 2.45) is 3.77 Å². The van der Waals surface area contributed by atoms with Crippen LogP contribution in [0.1, 0.15) is 24.0 Å². The molecule has 3 rings (SSSR count). The number of hydrogen-bond acceptors (Lipinski definition) is 5. The van der Waals surface area contributed by atoms with E-state index in [4.69, 9.17) is 0 Å². The average molecular weight is 422 g/mol. The van der Waals surface area contributed by atoms with Gasteiger partial charge in [0.05, 0.1) is 15.8 Å². The molecule has 1 saturated heterocycles. The second-order valence-corrected chi connectivity index (χ2v) is 10.6. The molecule has 0 aliphatic carbocycles. The molecule has 9 heteroatoms. The maximum atomic E-state index is 13.6. The summed E-state index contributed by atoms with van der Waals surface area (Å²) in [7, 11) is -7.99. The topological polar surface area (TPSA) is 105 Å². The molecule has 1 fully saturated rings. The molecule has 0 aromatic heterocycles. The van der Waals surface area contributed by atoms with Crippen molar-refractivity contribution in [3.8, 4) is 0 Å². The Kier molecular flexibility index (Phi) is 5.87. The van der Waals surface area contributed by atoms with Crippen LogP contribution in [0.15, 0.2) is 62.1 Å². The Labute approximate surface area is 165 Å². The van der Waals surface area contributed by atoms with Crippen molar-refractivity contribution in [3.63, 3.8) is 0 Å². The van der Waals surface area contributed by atoms with Crippen molar-refractivity contribution in [1.29, 1.82) is 0 Å². The third kappa shape index (κ3) is 4.60. The molecule has 1 heterocycles. The minimum absolute atomic E-state index is 0.0776. The van der Waals surface area contributed by atoms with Gasteiger partial charge in [-0.25, -0.2) is 4.21 Å². The summed E-state index contributed by atoms with van der Waals surface area (Å²) in [5.41, 5.74) is 1.80. The van der Waals surface area contributed by atoms with Gasteiger partial charge in [0.2, 0.25) is 5.91 Å². The summed E-state index contributed by atoms with van der Waals surface area (Å²) in [4.78, 5) is 12.6. The molecular formula is C19H23N3O4S2. The van der Waals surface area contributed by atoms with E-state index in [1.807, 2.05) is 13.8 Å². The van der Waals surface area contributed by atoms with E-state index < -0.39 is 31.9 Å². The van der Waals surface area contributed by atoms with Crippen LogP contribution < -0.4 is 10.0 Å². The molecule has 0 saturated carbocycles. The molecule has 2 aromatic carbocycles. The summed E-state index contributed by atoms with van der Waals surface area (Å²) in [5.74, 6) is -0.522. The minimum Gasteiger partial charge on any atom is -0.306 e. The molecule has 1 unspecified atom stereocenters. The third-order valence-corrected chi connectivity index (χ3v) is 8.36. The van der Waals surface area contributed by atoms with Crippen molar-refractivity contribution in [3.05, 3.63) is 59.7 Å². The highest BCUT2D eigenvalue weighted by Gasteiger charge is 2.28. The second kappa shape index (κ2) is 8.02. The molecule has 0 bridgehead atoms. The van der Waals surface area contributed by atoms with Crippen LogP contribution in [0.2, 0.25) is 0 Å². The molecule has 2 atom stereocenters. The summed E-state index contributed by atoms with van der Waals surface area (Å²) < 4.78 is 45.3. The number of benzene rings is 2. The first-order valence-corrected chi connectivity index (χ1v) is 11.9. The van der Waals surface area contributed by atoms with Gasteiger partial charge in [0.25, 0.3) is 10.0 Å². The predicted octanol–water partition coefficient (Wildman–Crippen LogP) is 2.30. The SMILES string of the molecule is Cc1ccc(S(=O)(=O)N=S(=O)(NC(=O)[C@@H]2CCCN2)c2ccc(C)cc2)cc1. The Morgan fingerprint density at radius 3 is 2.00 bits per heavy atom. The van der Waals surface area contributed by atoms with Crippen molar-refractivity contribution >= 4 is 25.8 Å². The third-order valence-electron chi connectivity index (χ3n) is 4.48. The highest BCUT2D eigenvalue weighted by Crippen LogP contribution is 2.20. The zero-order valence-electron chi connectivity index (χ0n) is 15.7. The predicted molar refractivity (Wildman–Crippen MR) is 108 cm³/mol. The number of nitrogens with one attached hydrogen (secondary N) is 2. The molecule has 1 aliphatic heterocycles. The largest absolute Gasteiger partial charge is 0.306 e. The smallest absolute Gasteiger partial charge is 0.291 e. The Morgan fingerprint density at radius 1 is 0.964 bits per heavy atom. The van der Waals surface area contributed by atoms with Gasteiger partial charge in [0.15, 0.2) is 9.92 Å². The lowest BCUT2D eigenvalue weighted by molar-refractivity contribution is -0.120. The van der Waals surface area contributed by atoms with Crippen LogP contribution in [0.5, 0.6) is 0 Å². The fourth-order valence-corrected chi connectivity index (χ4v) is 6.31. The Morgan fingerprint density at radius 2 is 1.50 bits per heavy atom. The molecule has 150 valence electrons. The van der Waals surface area contributed by atoms with Crippen LogP contribution in [0.25, 0.3) is 0 Å². The van der Waals surface area contributed by atoms with Crippen LogP contribution in [0.4, 0.5) is 0 Å². The van der Waals surface area contributed by atoms with E-state index in [0.29, 0.717) is 13.0 Å². The quantitative estimate of drug-likeness (QED) is 0.771. The monoisotopic (exact) mass is 421 g/mol. The Bertz CT molecular complexity index is 1080. The van der Waals surface area contributed by atoms with Crippen molar-refractivity contribution < 1.29 is 17.4 Å². The maximum absolute atomic E-state index is 13.6. The number of sulfonamides is 1. The van der Waals surface area contributed by atoms with Crippen LogP contribution in [-0.4, -0.2) is 31.1 Å². The average Bonchev–Trinajstić information content (AvgIpc) is 3.17. The van der Waals surface area contributed by atoms with Gasteiger partial charge in [-0.3, -0.25) is 9.52 Å². The van der Waals surface area contributed by atoms with Crippen LogP contribution in [-0.2, 0) is 24.7 Å². The maximum Gasteiger partial charge on any atom is 0.291 e. The molecule has 0 radical (unpaired) electrons. The first kappa shape index (κ1) is 20.5. The fourth-order valence-electron chi connectivity index (χ4n) is 2.85. The molecule has 1 aliphatic rings. The number of rotatable bonds is 5. The van der Waals surface area contributed by atoms with Crippen LogP contribution in [0, 0.1) is 13.8 Å². The number of amides is 1. The van der Waals surface area contributed by atoms with Crippen molar-refractivity contribution in [2.45, 2.75) is 42.5 Å². The van der Waals surface area contributed by atoms with Gasteiger partial charge in [-0.1, -0.05) is 39.2 Å². The van der Waals surface area contributed by atoms with Gasteiger partial charge < -0.3 is 5.32 Å². The van der Waals surface area contributed by atoms with E-state index in [1.54, 1.807) is 24.3 Å². The lowest BCUT2D eigenvalue weighted by Gasteiger charge is -2.16. The summed E-state index contributed by atoms with van der Waals surface area (Å²) in [6.07, 6.45) is 1.42. The van der Waals surface area contributed by atoms with Gasteiger partial charge in [-0.2, -0.15) is 8.42 Å². The standard InChI is InChI=1S/C19H23N3O4S2/c1-14-5-9-16(10-6-14)27(24,21-19(23)18-4-3-13-20-18)22-28(25,26)17-11-7-15(2)8-12-17/h5-12,18,20H,3-4,13H2,1-2H3,(H,21,22,23,24)/t18-,27?/m0/s1. The molecule has 2 aromatic rings. The first-order chi connectivity index (χ1) is 13.2. The summed E-state index contributed by atoms with van der Waals surface area (Å²) in [6, 6.07) is 12.0. The van der Waals surface area contributed by atoms with Crippen molar-refractivity contribution in [1.82, 2.24) is 10.0 Å². The normalized spacial score (nSPS) is 19.0. The summed E-state index contributed by atoms with van der Waals surface area (Å²) in [6.45, 7) is 4.37. The van der Waals surface area contributed by atoms with Gasteiger partial charge >= 0.3 is 0 Å². The van der Waals surface area contributed by atoms with Gasteiger partial charge in [-0.15, -0.1) is 0 Å². The van der Waals surface area contributed by atoms with Crippen LogP contribution >= 0.6 is 0 Å². The zero-order valence-corrected chi connectivity index (χ0v) is 17.3. The summed E-state index contributed by atoms with van der Waals surface area (Å²) in [5, 5.41) is 3.01. The molecule has 0 spiro atoms. The number of carbonyl (C=O) groups excluding carboxylic acids is 1. The minimum atomic E-state index is -4.25. The lowest BCUT2D eigenvalue weighted by Crippen LogP contribution is -2.43. The molecule has 1 amide bonds. The van der Waals surface area contributed by atoms with E-state index in [0.717, 1.165) is 17.5 Å². The van der Waals surface area contributed by atoms with E-state index >= 15 is 0 Å². The zero-order chi connectivity index (χ0) is 20.4. The molecule has 2 N–H and O–H groups in total. The first-order valence-electron chi connectivity index (χ1n) is 8.91. The van der Waals surface area contributed by atoms with Gasteiger partial charge in [0.1, 0.15) is 0 Å². The Hall–Kier alpha value is -2.23. The number of aryl methyl sites for hydroxylation is 2. The van der Waals surface area contributed by atoms with Gasteiger partial charge in [-0.05, 0) is 57.5 Å². The van der Waals surface area contributed by atoms with E-state index in [-0.39, 0.29) is 9.79 Å². The Balaban J connectivity index is 2.08. The van der Waals surface area contributed by atoms with Crippen molar-refractivity contribution in [2.75, 3.05) is 6.54 Å². The van der Waals surface area contributed by atoms with E-state index in [9.17, 15) is 17.4 Å². The highest BCUT2D eigenvalue weighted by molar-refractivity contribution is 8.02. The second-order valence-electron chi connectivity index (χ2n) is 6.82.